The standard InChI is InChI=1S/C25H30N4O6S2/c1-17(2)36(31,32)21-10-6-19(7-11-21)16-23-27-28-25(35-23)26-24(30)20-12-14-29(15-13-20)37(33,34)22-8-4-18(3)5-9-22/h4-11,17,20H,12-16H2,1-3H3,(H,26,28,30). The van der Waals surface area contributed by atoms with Gasteiger partial charge in [-0.3, -0.25) is 10.1 Å². The quantitative estimate of drug-likeness (QED) is 0.454. The Hall–Kier alpha value is -3.09. The summed E-state index contributed by atoms with van der Waals surface area (Å²) in [5, 5.41) is 9.95. The number of piperidine rings is 1. The summed E-state index contributed by atoms with van der Waals surface area (Å²) in [5.41, 5.74) is 1.76. The molecular formula is C25H30N4O6S2. The number of carbonyl (C=O) groups excluding carboxylic acids is 1. The summed E-state index contributed by atoms with van der Waals surface area (Å²) in [6.07, 6.45) is 1.03. The van der Waals surface area contributed by atoms with Crippen LogP contribution in [-0.4, -0.2) is 55.6 Å². The summed E-state index contributed by atoms with van der Waals surface area (Å²) in [6.45, 7) is 5.65. The van der Waals surface area contributed by atoms with Crippen LogP contribution >= 0.6 is 0 Å². The first kappa shape index (κ1) is 27.0. The molecule has 4 rings (SSSR count). The van der Waals surface area contributed by atoms with E-state index in [-0.39, 0.29) is 53.0 Å². The Balaban J connectivity index is 1.31. The summed E-state index contributed by atoms with van der Waals surface area (Å²) >= 11 is 0. The number of nitrogens with one attached hydrogen (secondary N) is 1. The molecule has 1 saturated heterocycles. The molecule has 0 aliphatic carbocycles. The lowest BCUT2D eigenvalue weighted by Gasteiger charge is -2.30. The zero-order valence-electron chi connectivity index (χ0n) is 20.9. The Kier molecular flexibility index (Phi) is 7.81. The van der Waals surface area contributed by atoms with Crippen molar-refractivity contribution in [2.75, 3.05) is 18.4 Å². The normalized spacial score (nSPS) is 15.7. The van der Waals surface area contributed by atoms with Crippen LogP contribution < -0.4 is 5.32 Å². The number of hydrogen-bond acceptors (Lipinski definition) is 8. The smallest absolute Gasteiger partial charge is 0.322 e. The fourth-order valence-electron chi connectivity index (χ4n) is 4.04. The minimum absolute atomic E-state index is 0.0336. The minimum atomic E-state index is -3.60. The molecule has 0 spiro atoms. The van der Waals surface area contributed by atoms with Gasteiger partial charge in [0.1, 0.15) is 0 Å². The highest BCUT2D eigenvalue weighted by atomic mass is 32.2. The van der Waals surface area contributed by atoms with Crippen molar-refractivity contribution in [3.8, 4) is 0 Å². The van der Waals surface area contributed by atoms with Crippen LogP contribution in [0.3, 0.4) is 0 Å². The molecule has 0 radical (unpaired) electrons. The van der Waals surface area contributed by atoms with Crippen molar-refractivity contribution < 1.29 is 26.0 Å². The van der Waals surface area contributed by atoms with E-state index < -0.39 is 25.1 Å². The van der Waals surface area contributed by atoms with Crippen molar-refractivity contribution in [1.29, 1.82) is 0 Å². The summed E-state index contributed by atoms with van der Waals surface area (Å²) in [6, 6.07) is 13.2. The molecule has 1 amide bonds. The molecule has 1 aliphatic rings. The number of carbonyl (C=O) groups is 1. The van der Waals surface area contributed by atoms with Gasteiger partial charge in [-0.1, -0.05) is 34.9 Å². The van der Waals surface area contributed by atoms with E-state index in [1.165, 1.54) is 4.31 Å². The van der Waals surface area contributed by atoms with Crippen molar-refractivity contribution in [3.63, 3.8) is 0 Å². The molecule has 2 heterocycles. The van der Waals surface area contributed by atoms with Crippen LogP contribution in [0.1, 0.15) is 43.7 Å². The largest absolute Gasteiger partial charge is 0.407 e. The number of aryl methyl sites for hydroxylation is 1. The van der Waals surface area contributed by atoms with Crippen LogP contribution in [-0.2, 0) is 31.1 Å². The van der Waals surface area contributed by atoms with E-state index in [0.717, 1.165) is 11.1 Å². The molecule has 1 aliphatic heterocycles. The molecule has 0 bridgehead atoms. The maximum absolute atomic E-state index is 12.9. The van der Waals surface area contributed by atoms with E-state index in [1.54, 1.807) is 62.4 Å². The molecule has 1 fully saturated rings. The molecule has 0 unspecified atom stereocenters. The molecule has 198 valence electrons. The highest BCUT2D eigenvalue weighted by molar-refractivity contribution is 7.92. The second-order valence-corrected chi connectivity index (χ2v) is 13.8. The lowest BCUT2D eigenvalue weighted by atomic mass is 9.97. The molecule has 12 heteroatoms. The van der Waals surface area contributed by atoms with Crippen LogP contribution in [0.5, 0.6) is 0 Å². The van der Waals surface area contributed by atoms with Gasteiger partial charge in [0, 0.05) is 19.0 Å². The molecule has 0 atom stereocenters. The molecule has 37 heavy (non-hydrogen) atoms. The number of anilines is 1. The topological polar surface area (TPSA) is 140 Å². The monoisotopic (exact) mass is 546 g/mol. The molecule has 10 nitrogen and oxygen atoms in total. The molecule has 3 aromatic rings. The van der Waals surface area contributed by atoms with Crippen LogP contribution in [0.4, 0.5) is 6.01 Å². The first-order valence-corrected chi connectivity index (χ1v) is 15.0. The highest BCUT2D eigenvalue weighted by Gasteiger charge is 2.32. The van der Waals surface area contributed by atoms with Crippen molar-refractivity contribution >= 4 is 31.8 Å². The lowest BCUT2D eigenvalue weighted by Crippen LogP contribution is -2.41. The van der Waals surface area contributed by atoms with Crippen molar-refractivity contribution in [1.82, 2.24) is 14.5 Å². The van der Waals surface area contributed by atoms with Gasteiger partial charge in [0.05, 0.1) is 21.5 Å². The Morgan fingerprint density at radius 2 is 1.57 bits per heavy atom. The number of sulfonamides is 1. The Morgan fingerprint density at radius 1 is 0.973 bits per heavy atom. The predicted octanol–water partition coefficient (Wildman–Crippen LogP) is 3.19. The lowest BCUT2D eigenvalue weighted by molar-refractivity contribution is -0.121. The van der Waals surface area contributed by atoms with Gasteiger partial charge in [-0.2, -0.15) is 4.31 Å². The van der Waals surface area contributed by atoms with Gasteiger partial charge < -0.3 is 4.42 Å². The average Bonchev–Trinajstić information content (AvgIpc) is 3.31. The number of hydrogen-bond donors (Lipinski definition) is 1. The Bertz CT molecular complexity index is 1460. The van der Waals surface area contributed by atoms with Gasteiger partial charge in [-0.05, 0) is 63.4 Å². The fourth-order valence-corrected chi connectivity index (χ4v) is 6.57. The van der Waals surface area contributed by atoms with Crippen molar-refractivity contribution in [2.24, 2.45) is 5.92 Å². The van der Waals surface area contributed by atoms with E-state index in [2.05, 4.69) is 15.5 Å². The van der Waals surface area contributed by atoms with Gasteiger partial charge in [0.25, 0.3) is 0 Å². The van der Waals surface area contributed by atoms with Crippen LogP contribution in [0, 0.1) is 12.8 Å². The molecular weight excluding hydrogens is 516 g/mol. The predicted molar refractivity (Wildman–Crippen MR) is 137 cm³/mol. The first-order valence-electron chi connectivity index (χ1n) is 12.0. The maximum atomic E-state index is 12.9. The van der Waals surface area contributed by atoms with Crippen LogP contribution in [0.15, 0.2) is 62.7 Å². The second kappa shape index (κ2) is 10.7. The zero-order valence-corrected chi connectivity index (χ0v) is 22.5. The highest BCUT2D eigenvalue weighted by Crippen LogP contribution is 2.25. The zero-order chi connectivity index (χ0) is 26.8. The van der Waals surface area contributed by atoms with E-state index in [9.17, 15) is 21.6 Å². The average molecular weight is 547 g/mol. The molecule has 1 N–H and O–H groups in total. The van der Waals surface area contributed by atoms with E-state index >= 15 is 0 Å². The minimum Gasteiger partial charge on any atom is -0.407 e. The number of nitrogens with zero attached hydrogens (tertiary/aromatic N) is 3. The maximum Gasteiger partial charge on any atom is 0.322 e. The molecule has 1 aromatic heterocycles. The van der Waals surface area contributed by atoms with Gasteiger partial charge in [-0.15, -0.1) is 5.10 Å². The molecule has 0 saturated carbocycles. The van der Waals surface area contributed by atoms with E-state index in [4.69, 9.17) is 4.42 Å². The summed E-state index contributed by atoms with van der Waals surface area (Å²) in [5.74, 6) is -0.408. The third-order valence-corrected chi connectivity index (χ3v) is 10.5. The molecule has 2 aromatic carbocycles. The third kappa shape index (κ3) is 6.08. The number of benzene rings is 2. The Labute approximate surface area is 217 Å². The SMILES string of the molecule is Cc1ccc(S(=O)(=O)N2CCC(C(=O)Nc3nnc(Cc4ccc(S(=O)(=O)C(C)C)cc4)o3)CC2)cc1. The van der Waals surface area contributed by atoms with Gasteiger partial charge in [0.15, 0.2) is 9.84 Å². The van der Waals surface area contributed by atoms with Gasteiger partial charge in [0.2, 0.25) is 21.8 Å². The van der Waals surface area contributed by atoms with Crippen LogP contribution in [0.2, 0.25) is 0 Å². The second-order valence-electron chi connectivity index (χ2n) is 9.40. The number of aromatic nitrogens is 2. The van der Waals surface area contributed by atoms with Gasteiger partial charge >= 0.3 is 6.01 Å². The Morgan fingerprint density at radius 3 is 2.16 bits per heavy atom. The van der Waals surface area contributed by atoms with Crippen LogP contribution in [0.25, 0.3) is 0 Å². The van der Waals surface area contributed by atoms with Gasteiger partial charge in [-0.25, -0.2) is 16.8 Å². The number of amides is 1. The van der Waals surface area contributed by atoms with Crippen molar-refractivity contribution in [2.45, 2.75) is 55.1 Å². The van der Waals surface area contributed by atoms with E-state index in [1.807, 2.05) is 6.92 Å². The summed E-state index contributed by atoms with van der Waals surface area (Å²) in [4.78, 5) is 13.2. The number of sulfone groups is 1. The van der Waals surface area contributed by atoms with E-state index in [0.29, 0.717) is 12.8 Å². The summed E-state index contributed by atoms with van der Waals surface area (Å²) < 4.78 is 57.2. The number of rotatable bonds is 8. The first-order chi connectivity index (χ1) is 17.5. The van der Waals surface area contributed by atoms with Crippen molar-refractivity contribution in [3.05, 3.63) is 65.5 Å². The fraction of sp³-hybridized carbons (Fsp3) is 0.400. The third-order valence-electron chi connectivity index (χ3n) is 6.41. The summed E-state index contributed by atoms with van der Waals surface area (Å²) in [7, 11) is -6.95.